The SMILES string of the molecule is CC(C)c1ccc(C2(O)CCCOCCC2)nc1. The molecule has 3 heteroatoms. The predicted molar refractivity (Wildman–Crippen MR) is 71.5 cm³/mol. The molecule has 1 fully saturated rings. The Labute approximate surface area is 109 Å². The van der Waals surface area contributed by atoms with Gasteiger partial charge in [-0.2, -0.15) is 0 Å². The van der Waals surface area contributed by atoms with E-state index in [1.807, 2.05) is 12.3 Å². The van der Waals surface area contributed by atoms with Crippen molar-refractivity contribution in [3.05, 3.63) is 29.6 Å². The summed E-state index contributed by atoms with van der Waals surface area (Å²) in [5.41, 5.74) is 1.27. The number of nitrogens with zero attached hydrogens (tertiary/aromatic N) is 1. The molecule has 0 unspecified atom stereocenters. The molecular formula is C15H23NO2. The molecule has 1 aromatic rings. The van der Waals surface area contributed by atoms with E-state index in [1.165, 1.54) is 5.56 Å². The minimum Gasteiger partial charge on any atom is -0.384 e. The van der Waals surface area contributed by atoms with Crippen LogP contribution in [0.3, 0.4) is 0 Å². The quantitative estimate of drug-likeness (QED) is 0.876. The molecule has 0 radical (unpaired) electrons. The van der Waals surface area contributed by atoms with Crippen LogP contribution in [0.5, 0.6) is 0 Å². The Morgan fingerprint density at radius 2 is 1.89 bits per heavy atom. The Morgan fingerprint density at radius 3 is 2.39 bits per heavy atom. The van der Waals surface area contributed by atoms with Gasteiger partial charge < -0.3 is 9.84 Å². The third-order valence-electron chi connectivity index (χ3n) is 3.69. The van der Waals surface area contributed by atoms with Gasteiger partial charge in [-0.15, -0.1) is 0 Å². The van der Waals surface area contributed by atoms with Crippen LogP contribution in [0.25, 0.3) is 0 Å². The molecule has 0 atom stereocenters. The molecule has 0 spiro atoms. The summed E-state index contributed by atoms with van der Waals surface area (Å²) in [6, 6.07) is 4.07. The second-order valence-corrected chi connectivity index (χ2v) is 5.48. The van der Waals surface area contributed by atoms with Gasteiger partial charge in [-0.3, -0.25) is 4.98 Å². The van der Waals surface area contributed by atoms with Gasteiger partial charge in [0.2, 0.25) is 0 Å². The van der Waals surface area contributed by atoms with Gasteiger partial charge in [-0.1, -0.05) is 19.9 Å². The summed E-state index contributed by atoms with van der Waals surface area (Å²) < 4.78 is 5.42. The van der Waals surface area contributed by atoms with E-state index in [9.17, 15) is 5.11 Å². The van der Waals surface area contributed by atoms with Gasteiger partial charge in [-0.05, 0) is 43.2 Å². The van der Waals surface area contributed by atoms with Gasteiger partial charge in [0.15, 0.2) is 0 Å². The first-order valence-electron chi connectivity index (χ1n) is 6.88. The van der Waals surface area contributed by atoms with Crippen molar-refractivity contribution >= 4 is 0 Å². The lowest BCUT2D eigenvalue weighted by Crippen LogP contribution is -2.29. The Kier molecular flexibility index (Phi) is 4.36. The van der Waals surface area contributed by atoms with Gasteiger partial charge >= 0.3 is 0 Å². The Bertz CT molecular complexity index is 365. The lowest BCUT2D eigenvalue weighted by molar-refractivity contribution is -0.0204. The summed E-state index contributed by atoms with van der Waals surface area (Å²) in [4.78, 5) is 4.48. The minimum atomic E-state index is -0.765. The monoisotopic (exact) mass is 249 g/mol. The van der Waals surface area contributed by atoms with Crippen molar-refractivity contribution in [2.45, 2.75) is 51.0 Å². The lowest BCUT2D eigenvalue weighted by Gasteiger charge is -2.29. The van der Waals surface area contributed by atoms with Crippen LogP contribution in [0.2, 0.25) is 0 Å². The summed E-state index contributed by atoms with van der Waals surface area (Å²) in [6.45, 7) is 5.79. The number of ether oxygens (including phenoxy) is 1. The van der Waals surface area contributed by atoms with Crippen LogP contribution in [0.4, 0.5) is 0 Å². The second-order valence-electron chi connectivity index (χ2n) is 5.48. The number of rotatable bonds is 2. The maximum Gasteiger partial charge on any atom is 0.107 e. The van der Waals surface area contributed by atoms with Crippen LogP contribution >= 0.6 is 0 Å². The molecule has 100 valence electrons. The number of aliphatic hydroxyl groups is 1. The molecule has 3 nitrogen and oxygen atoms in total. The molecule has 0 aromatic carbocycles. The molecule has 0 bridgehead atoms. The Hall–Kier alpha value is -0.930. The minimum absolute atomic E-state index is 0.479. The summed E-state index contributed by atoms with van der Waals surface area (Å²) >= 11 is 0. The standard InChI is InChI=1S/C15H23NO2/c1-12(2)13-5-6-14(16-11-13)15(17)7-3-9-18-10-4-8-15/h5-6,11-12,17H,3-4,7-10H2,1-2H3. The molecule has 0 amide bonds. The summed E-state index contributed by atoms with van der Waals surface area (Å²) in [6.07, 6.45) is 5.16. The maximum atomic E-state index is 10.8. The third-order valence-corrected chi connectivity index (χ3v) is 3.69. The fraction of sp³-hybridized carbons (Fsp3) is 0.667. The summed E-state index contributed by atoms with van der Waals surface area (Å²) in [5.74, 6) is 0.479. The van der Waals surface area contributed by atoms with Crippen molar-refractivity contribution in [3.63, 3.8) is 0 Å². The third kappa shape index (κ3) is 3.09. The summed E-state index contributed by atoms with van der Waals surface area (Å²) in [5, 5.41) is 10.8. The number of hydrogen-bond acceptors (Lipinski definition) is 3. The average molecular weight is 249 g/mol. The van der Waals surface area contributed by atoms with Crippen molar-refractivity contribution in [1.82, 2.24) is 4.98 Å². The molecule has 18 heavy (non-hydrogen) atoms. The first-order chi connectivity index (χ1) is 8.62. The van der Waals surface area contributed by atoms with E-state index in [1.54, 1.807) is 0 Å². The molecule has 1 N–H and O–H groups in total. The highest BCUT2D eigenvalue weighted by atomic mass is 16.5. The molecule has 2 heterocycles. The van der Waals surface area contributed by atoms with E-state index >= 15 is 0 Å². The lowest BCUT2D eigenvalue weighted by atomic mass is 9.87. The van der Waals surface area contributed by atoms with Gasteiger partial charge in [0.25, 0.3) is 0 Å². The van der Waals surface area contributed by atoms with E-state index < -0.39 is 5.60 Å². The largest absolute Gasteiger partial charge is 0.384 e. The Balaban J connectivity index is 2.16. The fourth-order valence-corrected chi connectivity index (χ4v) is 2.44. The van der Waals surface area contributed by atoms with Crippen LogP contribution in [0.15, 0.2) is 18.3 Å². The maximum absolute atomic E-state index is 10.8. The molecular weight excluding hydrogens is 226 g/mol. The van der Waals surface area contributed by atoms with Gasteiger partial charge in [-0.25, -0.2) is 0 Å². The molecule has 2 rings (SSSR count). The topological polar surface area (TPSA) is 42.4 Å². The molecule has 0 aliphatic carbocycles. The second kappa shape index (κ2) is 5.81. The average Bonchev–Trinajstić information content (AvgIpc) is 2.34. The van der Waals surface area contributed by atoms with Crippen LogP contribution in [0.1, 0.15) is 56.7 Å². The molecule has 1 saturated heterocycles. The summed E-state index contributed by atoms with van der Waals surface area (Å²) in [7, 11) is 0. The van der Waals surface area contributed by atoms with Gasteiger partial charge in [0, 0.05) is 19.4 Å². The highest BCUT2D eigenvalue weighted by molar-refractivity contribution is 5.21. The van der Waals surface area contributed by atoms with Crippen molar-refractivity contribution in [2.75, 3.05) is 13.2 Å². The van der Waals surface area contributed by atoms with Crippen molar-refractivity contribution < 1.29 is 9.84 Å². The van der Waals surface area contributed by atoms with Crippen molar-refractivity contribution in [2.24, 2.45) is 0 Å². The van der Waals surface area contributed by atoms with Crippen molar-refractivity contribution in [3.8, 4) is 0 Å². The first kappa shape index (κ1) is 13.5. The van der Waals surface area contributed by atoms with E-state index in [-0.39, 0.29) is 0 Å². The number of pyridine rings is 1. The van der Waals surface area contributed by atoms with Gasteiger partial charge in [0.05, 0.1) is 5.69 Å². The van der Waals surface area contributed by atoms with Crippen LogP contribution in [0, 0.1) is 0 Å². The molecule has 1 aliphatic heterocycles. The van der Waals surface area contributed by atoms with E-state index in [0.29, 0.717) is 5.92 Å². The smallest absolute Gasteiger partial charge is 0.107 e. The normalized spacial score (nSPS) is 20.4. The highest BCUT2D eigenvalue weighted by Gasteiger charge is 2.30. The number of aromatic nitrogens is 1. The first-order valence-corrected chi connectivity index (χ1v) is 6.88. The van der Waals surface area contributed by atoms with E-state index in [4.69, 9.17) is 4.74 Å². The zero-order valence-electron chi connectivity index (χ0n) is 11.4. The van der Waals surface area contributed by atoms with Crippen molar-refractivity contribution in [1.29, 1.82) is 0 Å². The zero-order valence-corrected chi connectivity index (χ0v) is 11.4. The number of hydrogen-bond donors (Lipinski definition) is 1. The van der Waals surface area contributed by atoms with Crippen LogP contribution in [-0.4, -0.2) is 23.3 Å². The predicted octanol–water partition coefficient (Wildman–Crippen LogP) is 2.98. The van der Waals surface area contributed by atoms with E-state index in [2.05, 4.69) is 24.9 Å². The highest BCUT2D eigenvalue weighted by Crippen LogP contribution is 2.32. The molecule has 1 aromatic heterocycles. The van der Waals surface area contributed by atoms with Crippen LogP contribution < -0.4 is 0 Å². The van der Waals surface area contributed by atoms with Crippen LogP contribution in [-0.2, 0) is 10.3 Å². The molecule has 1 aliphatic rings. The fourth-order valence-electron chi connectivity index (χ4n) is 2.44. The zero-order chi connectivity index (χ0) is 13.0. The Morgan fingerprint density at radius 1 is 1.22 bits per heavy atom. The van der Waals surface area contributed by atoms with Gasteiger partial charge in [0.1, 0.15) is 5.60 Å². The van der Waals surface area contributed by atoms with E-state index in [0.717, 1.165) is 44.6 Å². The molecule has 0 saturated carbocycles.